The lowest BCUT2D eigenvalue weighted by molar-refractivity contribution is -0.0684. The highest BCUT2D eigenvalue weighted by Crippen LogP contribution is 2.66. The fourth-order valence-electron chi connectivity index (χ4n) is 8.15. The van der Waals surface area contributed by atoms with Crippen LogP contribution in [0.1, 0.15) is 86.0 Å². The normalized spacial score (nSPS) is 46.6. The molecule has 9 atom stereocenters. The summed E-state index contributed by atoms with van der Waals surface area (Å²) in [5, 5.41) is 21.5. The smallest absolute Gasteiger partial charge is 0.0812 e. The average Bonchev–Trinajstić information content (AvgIpc) is 3.04. The Bertz CT molecular complexity index is 712. The van der Waals surface area contributed by atoms with E-state index in [2.05, 4.69) is 46.8 Å². The van der Waals surface area contributed by atoms with Crippen LogP contribution in [0.2, 0.25) is 0 Å². The van der Waals surface area contributed by atoms with E-state index in [0.29, 0.717) is 23.7 Å². The lowest BCUT2D eigenvalue weighted by atomic mass is 9.48. The Morgan fingerprint density at radius 3 is 2.47 bits per heavy atom. The zero-order valence-corrected chi connectivity index (χ0v) is 19.9. The van der Waals surface area contributed by atoms with Gasteiger partial charge >= 0.3 is 0 Å². The van der Waals surface area contributed by atoms with Gasteiger partial charge in [-0.3, -0.25) is 0 Å². The second-order valence-corrected chi connectivity index (χ2v) is 12.1. The Balaban J connectivity index is 1.57. The number of rotatable bonds is 5. The van der Waals surface area contributed by atoms with Crippen molar-refractivity contribution in [1.29, 1.82) is 0 Å². The van der Waals surface area contributed by atoms with Gasteiger partial charge in [-0.05, 0) is 67.1 Å². The summed E-state index contributed by atoms with van der Waals surface area (Å²) in [4.78, 5) is 0. The first-order chi connectivity index (χ1) is 14.1. The number of aliphatic hydroxyl groups excluding tert-OH is 2. The molecular formula is C27H45NO2. The first kappa shape index (κ1) is 22.6. The molecule has 3 saturated carbocycles. The highest BCUT2D eigenvalue weighted by atomic mass is 16.3. The van der Waals surface area contributed by atoms with Crippen molar-refractivity contribution in [2.24, 2.45) is 46.2 Å². The maximum Gasteiger partial charge on any atom is 0.0812 e. The number of aliphatic hydroxyl groups is 2. The lowest BCUT2D eigenvalue weighted by Gasteiger charge is -2.57. The third-order valence-electron chi connectivity index (χ3n) is 10.1. The van der Waals surface area contributed by atoms with E-state index in [-0.39, 0.29) is 5.41 Å². The van der Waals surface area contributed by atoms with Gasteiger partial charge in [0.15, 0.2) is 0 Å². The number of allylic oxidation sites excluding steroid dienone is 3. The Labute approximate surface area is 184 Å². The monoisotopic (exact) mass is 415 g/mol. The second kappa shape index (κ2) is 8.05. The molecule has 0 spiro atoms. The summed E-state index contributed by atoms with van der Waals surface area (Å²) in [6.45, 7) is 12.0. The van der Waals surface area contributed by atoms with Crippen LogP contribution in [-0.2, 0) is 0 Å². The van der Waals surface area contributed by atoms with Gasteiger partial charge < -0.3 is 15.9 Å². The lowest BCUT2D eigenvalue weighted by Crippen LogP contribution is -2.61. The standard InChI is InChI=1S/C27H45NO2/c1-16(2)7-6-8-17(3)20-11-12-21-19-10-9-18-15-23(29)24(28)25(30)27(18,5)22(19)13-14-26(20,21)4/h9-10,16-17,20-25,29-30H,6-8,11-15,28H2,1-5H3/t17-,20-,21+,22+,23-,24-,25+,26-,27+/m1/s1. The van der Waals surface area contributed by atoms with Crippen LogP contribution in [0.25, 0.3) is 0 Å². The van der Waals surface area contributed by atoms with E-state index in [4.69, 9.17) is 5.73 Å². The van der Waals surface area contributed by atoms with Crippen LogP contribution in [0.5, 0.6) is 0 Å². The highest BCUT2D eigenvalue weighted by Gasteiger charge is 2.60. The molecule has 0 radical (unpaired) electrons. The fraction of sp³-hybridized carbons (Fsp3) is 0.852. The summed E-state index contributed by atoms with van der Waals surface area (Å²) in [5.41, 5.74) is 9.11. The Morgan fingerprint density at radius 1 is 1.03 bits per heavy atom. The molecule has 0 saturated heterocycles. The summed E-state index contributed by atoms with van der Waals surface area (Å²) in [7, 11) is 0. The SMILES string of the molecule is CC(C)CCC[C@@H](C)[C@H]1CC[C@H]2C3=CC=C4C[C@@H](O)[C@@H](N)[C@H](O)[C@]4(C)[C@H]3CC[C@]12C. The molecule has 0 heterocycles. The highest BCUT2D eigenvalue weighted by molar-refractivity contribution is 5.40. The van der Waals surface area contributed by atoms with Crippen LogP contribution >= 0.6 is 0 Å². The minimum absolute atomic E-state index is 0.314. The van der Waals surface area contributed by atoms with Crippen molar-refractivity contribution in [2.45, 2.75) is 104 Å². The van der Waals surface area contributed by atoms with E-state index in [1.54, 1.807) is 5.57 Å². The van der Waals surface area contributed by atoms with Crippen LogP contribution in [-0.4, -0.2) is 28.5 Å². The molecule has 0 amide bonds. The third kappa shape index (κ3) is 3.35. The van der Waals surface area contributed by atoms with Gasteiger partial charge in [0.2, 0.25) is 0 Å². The van der Waals surface area contributed by atoms with Crippen molar-refractivity contribution in [2.75, 3.05) is 0 Å². The summed E-state index contributed by atoms with van der Waals surface area (Å²) < 4.78 is 0. The maximum atomic E-state index is 11.2. The van der Waals surface area contributed by atoms with Crippen LogP contribution in [0, 0.1) is 40.4 Å². The van der Waals surface area contributed by atoms with Gasteiger partial charge in [-0.15, -0.1) is 0 Å². The van der Waals surface area contributed by atoms with Gasteiger partial charge in [0.05, 0.1) is 18.2 Å². The van der Waals surface area contributed by atoms with Gasteiger partial charge in [0.25, 0.3) is 0 Å². The maximum absolute atomic E-state index is 11.2. The number of hydrogen-bond donors (Lipinski definition) is 3. The molecule has 4 aliphatic rings. The molecule has 30 heavy (non-hydrogen) atoms. The first-order valence-corrected chi connectivity index (χ1v) is 12.6. The van der Waals surface area contributed by atoms with Crippen LogP contribution in [0.15, 0.2) is 23.3 Å². The molecule has 4 aliphatic carbocycles. The quantitative estimate of drug-likeness (QED) is 0.577. The average molecular weight is 416 g/mol. The largest absolute Gasteiger partial charge is 0.391 e. The molecule has 0 unspecified atom stereocenters. The van der Waals surface area contributed by atoms with Crippen molar-refractivity contribution in [3.05, 3.63) is 23.3 Å². The molecule has 170 valence electrons. The summed E-state index contributed by atoms with van der Waals surface area (Å²) >= 11 is 0. The van der Waals surface area contributed by atoms with E-state index in [0.717, 1.165) is 24.2 Å². The molecule has 0 aromatic rings. The van der Waals surface area contributed by atoms with E-state index >= 15 is 0 Å². The van der Waals surface area contributed by atoms with Crippen molar-refractivity contribution >= 4 is 0 Å². The van der Waals surface area contributed by atoms with Crippen LogP contribution < -0.4 is 5.73 Å². The molecule has 0 aromatic heterocycles. The van der Waals surface area contributed by atoms with Gasteiger partial charge in [0.1, 0.15) is 0 Å². The molecule has 3 fully saturated rings. The van der Waals surface area contributed by atoms with Crippen molar-refractivity contribution in [3.8, 4) is 0 Å². The van der Waals surface area contributed by atoms with Crippen molar-refractivity contribution in [3.63, 3.8) is 0 Å². The number of hydrogen-bond acceptors (Lipinski definition) is 3. The molecule has 0 aliphatic heterocycles. The predicted octanol–water partition coefficient (Wildman–Crippen LogP) is 5.22. The van der Waals surface area contributed by atoms with Crippen molar-refractivity contribution in [1.82, 2.24) is 0 Å². The third-order valence-corrected chi connectivity index (χ3v) is 10.1. The minimum Gasteiger partial charge on any atom is -0.391 e. The van der Waals surface area contributed by atoms with Crippen LogP contribution in [0.3, 0.4) is 0 Å². The molecule has 4 rings (SSSR count). The summed E-state index contributed by atoms with van der Waals surface area (Å²) in [6, 6.07) is -0.544. The zero-order chi connectivity index (χ0) is 21.8. The van der Waals surface area contributed by atoms with Crippen LogP contribution in [0.4, 0.5) is 0 Å². The molecule has 3 nitrogen and oxygen atoms in total. The summed E-state index contributed by atoms with van der Waals surface area (Å²) in [5.74, 6) is 3.43. The molecule has 0 aromatic carbocycles. The van der Waals surface area contributed by atoms with Gasteiger partial charge in [-0.25, -0.2) is 0 Å². The fourth-order valence-corrected chi connectivity index (χ4v) is 8.15. The Hall–Kier alpha value is -0.640. The van der Waals surface area contributed by atoms with Crippen molar-refractivity contribution < 1.29 is 10.2 Å². The van der Waals surface area contributed by atoms with E-state index in [1.165, 1.54) is 44.1 Å². The first-order valence-electron chi connectivity index (χ1n) is 12.6. The number of nitrogens with two attached hydrogens (primary N) is 1. The molecule has 3 heteroatoms. The Morgan fingerprint density at radius 2 is 1.77 bits per heavy atom. The zero-order valence-electron chi connectivity index (χ0n) is 19.9. The molecule has 0 bridgehead atoms. The van der Waals surface area contributed by atoms with Gasteiger partial charge in [-0.1, -0.05) is 77.2 Å². The predicted molar refractivity (Wildman–Crippen MR) is 124 cm³/mol. The van der Waals surface area contributed by atoms with Gasteiger partial charge in [-0.2, -0.15) is 0 Å². The van der Waals surface area contributed by atoms with E-state index < -0.39 is 18.2 Å². The molecule has 4 N–H and O–H groups in total. The van der Waals surface area contributed by atoms with E-state index in [1.807, 2.05) is 0 Å². The summed E-state index contributed by atoms with van der Waals surface area (Å²) in [6.07, 6.45) is 13.0. The topological polar surface area (TPSA) is 66.5 Å². The second-order valence-electron chi connectivity index (χ2n) is 12.1. The minimum atomic E-state index is -0.669. The Kier molecular flexibility index (Phi) is 6.05. The van der Waals surface area contributed by atoms with E-state index in [9.17, 15) is 10.2 Å². The van der Waals surface area contributed by atoms with Gasteiger partial charge in [0, 0.05) is 5.41 Å². The number of fused-ring (bicyclic) bond motifs is 5. The molecular weight excluding hydrogens is 370 g/mol.